The third-order valence-corrected chi connectivity index (χ3v) is 17.8. The summed E-state index contributed by atoms with van der Waals surface area (Å²) in [5.74, 6) is 0. The molecule has 77 heavy (non-hydrogen) atoms. The fourth-order valence-corrected chi connectivity index (χ4v) is 14.4. The molecule has 16 rings (SSSR count). The lowest BCUT2D eigenvalue weighted by atomic mass is 9.75. The molecule has 0 saturated heterocycles. The molecule has 0 fully saturated rings. The molecule has 0 amide bonds. The number of para-hydroxylation sites is 1. The number of fused-ring (bicyclic) bond motifs is 16. The number of hydrogen-bond acceptors (Lipinski definition) is 1. The first kappa shape index (κ1) is 44.0. The van der Waals surface area contributed by atoms with Crippen LogP contribution in [0.1, 0.15) is 49.9 Å². The molecule has 0 aliphatic heterocycles. The second-order valence-electron chi connectivity index (χ2n) is 22.6. The van der Waals surface area contributed by atoms with Crippen LogP contribution in [0, 0.1) is 0 Å². The van der Waals surface area contributed by atoms with Crippen LogP contribution in [0.4, 0.5) is 0 Å². The summed E-state index contributed by atoms with van der Waals surface area (Å²) in [6.45, 7) is 9.77. The quantitative estimate of drug-likeness (QED) is 0.157. The molecule has 1 heterocycles. The predicted octanol–water partition coefficient (Wildman–Crippen LogP) is 21.1. The van der Waals surface area contributed by atoms with Gasteiger partial charge in [-0.05, 0) is 156 Å². The molecule has 0 atom stereocenters. The molecule has 0 unspecified atom stereocenters. The van der Waals surface area contributed by atoms with E-state index in [1.165, 1.54) is 154 Å². The number of furan rings is 1. The largest absolute Gasteiger partial charge is 0.456 e. The van der Waals surface area contributed by atoms with Gasteiger partial charge in [0.1, 0.15) is 11.2 Å². The van der Waals surface area contributed by atoms with Gasteiger partial charge in [-0.1, -0.05) is 252 Å². The van der Waals surface area contributed by atoms with Crippen LogP contribution < -0.4 is 0 Å². The minimum atomic E-state index is -0.353. The summed E-state index contributed by atoms with van der Waals surface area (Å²) in [5, 5.41) is 12.5. The lowest BCUT2D eigenvalue weighted by Crippen LogP contribution is -2.19. The van der Waals surface area contributed by atoms with Gasteiger partial charge in [0.2, 0.25) is 0 Å². The van der Waals surface area contributed by atoms with Crippen molar-refractivity contribution in [2.75, 3.05) is 0 Å². The Morgan fingerprint density at radius 2 is 0.597 bits per heavy atom. The van der Waals surface area contributed by atoms with Crippen LogP contribution in [0.25, 0.3) is 143 Å². The fourth-order valence-electron chi connectivity index (χ4n) is 14.4. The van der Waals surface area contributed by atoms with E-state index in [0.29, 0.717) is 0 Å². The van der Waals surface area contributed by atoms with Gasteiger partial charge in [-0.2, -0.15) is 0 Å². The van der Waals surface area contributed by atoms with E-state index >= 15 is 0 Å². The molecular weight excluding hydrogens is 929 g/mol. The highest BCUT2D eigenvalue weighted by Gasteiger charge is 2.48. The molecule has 0 radical (unpaired) electrons. The Morgan fingerprint density at radius 3 is 1.08 bits per heavy atom. The number of benzene rings is 13. The zero-order chi connectivity index (χ0) is 51.3. The summed E-state index contributed by atoms with van der Waals surface area (Å²) in [4.78, 5) is 0. The Hall–Kier alpha value is -9.30. The topological polar surface area (TPSA) is 13.1 Å². The SMILES string of the molecule is CC1(C)c2cc(-c3c4ccccc4c(-c4ccccc4)c4ccccc34)ccc2-c2c1c1c(c3oc4ccccc4c23)C(C)(C)c2cc(-c3ccc(-c4c5ccccc5c(-c5ccccc5)c5ccccc45)cc3)ccc2-1. The maximum atomic E-state index is 7.17. The molecule has 1 aromatic heterocycles. The van der Waals surface area contributed by atoms with E-state index < -0.39 is 0 Å². The normalized spacial score (nSPS) is 13.9. The Balaban J connectivity index is 0.861. The molecule has 14 aromatic rings. The van der Waals surface area contributed by atoms with Crippen LogP contribution in [0.2, 0.25) is 0 Å². The number of hydrogen-bond donors (Lipinski definition) is 0. The minimum Gasteiger partial charge on any atom is -0.456 e. The van der Waals surface area contributed by atoms with Gasteiger partial charge in [-0.3, -0.25) is 0 Å². The van der Waals surface area contributed by atoms with Crippen molar-refractivity contribution in [3.8, 4) is 77.9 Å². The summed E-state index contributed by atoms with van der Waals surface area (Å²) < 4.78 is 7.17. The van der Waals surface area contributed by atoms with E-state index in [2.05, 4.69) is 270 Å². The first-order valence-electron chi connectivity index (χ1n) is 27.2. The lowest BCUT2D eigenvalue weighted by molar-refractivity contribution is 0.616. The summed E-state index contributed by atoms with van der Waals surface area (Å²) in [5.41, 5.74) is 24.3. The molecule has 13 aromatic carbocycles. The third-order valence-electron chi connectivity index (χ3n) is 17.8. The van der Waals surface area contributed by atoms with Crippen LogP contribution in [-0.4, -0.2) is 0 Å². The first-order valence-corrected chi connectivity index (χ1v) is 27.2. The molecule has 2 aliphatic rings. The van der Waals surface area contributed by atoms with Gasteiger partial charge in [-0.15, -0.1) is 0 Å². The van der Waals surface area contributed by atoms with Gasteiger partial charge < -0.3 is 4.42 Å². The maximum Gasteiger partial charge on any atom is 0.140 e. The van der Waals surface area contributed by atoms with E-state index in [1.54, 1.807) is 0 Å². The maximum absolute atomic E-state index is 7.17. The molecule has 362 valence electrons. The molecular formula is C76H52O. The minimum absolute atomic E-state index is 0.341. The second-order valence-corrected chi connectivity index (χ2v) is 22.6. The van der Waals surface area contributed by atoms with Crippen molar-refractivity contribution < 1.29 is 4.42 Å². The molecule has 0 N–H and O–H groups in total. The average Bonchev–Trinajstić information content (AvgIpc) is 4.09. The summed E-state index contributed by atoms with van der Waals surface area (Å²) in [7, 11) is 0. The zero-order valence-electron chi connectivity index (χ0n) is 43.5. The van der Waals surface area contributed by atoms with Crippen molar-refractivity contribution >= 4 is 65.0 Å². The lowest BCUT2D eigenvalue weighted by Gasteiger charge is -2.27. The molecule has 1 heteroatoms. The van der Waals surface area contributed by atoms with Crippen molar-refractivity contribution in [1.82, 2.24) is 0 Å². The zero-order valence-corrected chi connectivity index (χ0v) is 43.5. The van der Waals surface area contributed by atoms with Gasteiger partial charge in [0.25, 0.3) is 0 Å². The number of rotatable bonds is 5. The van der Waals surface area contributed by atoms with Crippen molar-refractivity contribution in [3.05, 3.63) is 265 Å². The van der Waals surface area contributed by atoms with Gasteiger partial charge >= 0.3 is 0 Å². The van der Waals surface area contributed by atoms with Crippen molar-refractivity contribution in [2.24, 2.45) is 0 Å². The molecule has 2 aliphatic carbocycles. The average molecular weight is 981 g/mol. The van der Waals surface area contributed by atoms with E-state index in [9.17, 15) is 0 Å². The standard InChI is InChI=1S/C76H52O/c1-75(2)63-44-50(68-57-31-17-15-29-55(57)66(47-23-9-6-10-24-47)56-30-16-18-32-58(56)68)40-42-59(63)69-70-61-33-19-20-34-64(61)77-74(70)73-71(72(69)75)60-41-39-49(43-62(60)76(73,3)4)45-35-37-48(38-36-45)67-53-27-13-11-25-51(53)65(46-21-7-5-8-22-46)52-26-12-14-28-54(52)67/h5-44H,1-4H3. The van der Waals surface area contributed by atoms with E-state index in [4.69, 9.17) is 4.42 Å². The highest BCUT2D eigenvalue weighted by Crippen LogP contribution is 2.64. The van der Waals surface area contributed by atoms with E-state index in [1.807, 2.05) is 0 Å². The van der Waals surface area contributed by atoms with Crippen LogP contribution in [0.3, 0.4) is 0 Å². The monoisotopic (exact) mass is 980 g/mol. The van der Waals surface area contributed by atoms with Gasteiger partial charge in [0, 0.05) is 27.2 Å². The summed E-state index contributed by atoms with van der Waals surface area (Å²) in [6, 6.07) is 90.2. The third kappa shape index (κ3) is 6.11. The van der Waals surface area contributed by atoms with Crippen LogP contribution in [0.5, 0.6) is 0 Å². The molecule has 1 nitrogen and oxygen atoms in total. The van der Waals surface area contributed by atoms with Gasteiger partial charge in [0.15, 0.2) is 0 Å². The van der Waals surface area contributed by atoms with Crippen molar-refractivity contribution in [1.29, 1.82) is 0 Å². The Labute approximate surface area is 448 Å². The fraction of sp³-hybridized carbons (Fsp3) is 0.0789. The van der Waals surface area contributed by atoms with E-state index in [-0.39, 0.29) is 10.8 Å². The highest BCUT2D eigenvalue weighted by atomic mass is 16.3. The molecule has 0 bridgehead atoms. The summed E-state index contributed by atoms with van der Waals surface area (Å²) in [6.07, 6.45) is 0. The van der Waals surface area contributed by atoms with Gasteiger partial charge in [0.05, 0.1) is 0 Å². The van der Waals surface area contributed by atoms with Crippen LogP contribution in [0.15, 0.2) is 247 Å². The van der Waals surface area contributed by atoms with Crippen molar-refractivity contribution in [2.45, 2.75) is 38.5 Å². The molecule has 0 saturated carbocycles. The Bertz CT molecular complexity index is 4700. The van der Waals surface area contributed by atoms with Crippen LogP contribution >= 0.6 is 0 Å². The van der Waals surface area contributed by atoms with Gasteiger partial charge in [-0.25, -0.2) is 0 Å². The Kier molecular flexibility index (Phi) is 9.21. The molecule has 0 spiro atoms. The summed E-state index contributed by atoms with van der Waals surface area (Å²) >= 11 is 0. The smallest absolute Gasteiger partial charge is 0.140 e. The van der Waals surface area contributed by atoms with E-state index in [0.717, 1.165) is 11.2 Å². The predicted molar refractivity (Wildman–Crippen MR) is 326 cm³/mol. The second kappa shape index (κ2) is 16.1. The Morgan fingerprint density at radius 1 is 0.260 bits per heavy atom. The van der Waals surface area contributed by atoms with Crippen molar-refractivity contribution in [3.63, 3.8) is 0 Å². The van der Waals surface area contributed by atoms with Crippen LogP contribution in [-0.2, 0) is 10.8 Å². The first-order chi connectivity index (χ1) is 37.8. The highest BCUT2D eigenvalue weighted by molar-refractivity contribution is 6.24.